The minimum absolute atomic E-state index is 0.00962. The predicted molar refractivity (Wildman–Crippen MR) is 73.9 cm³/mol. The quantitative estimate of drug-likeness (QED) is 0.727. The number of fused-ring (bicyclic) bond motifs is 2. The van der Waals surface area contributed by atoms with Gasteiger partial charge < -0.3 is 15.7 Å². The number of aliphatic carboxylic acids is 1. The molecule has 3 aliphatic rings. The van der Waals surface area contributed by atoms with E-state index in [1.807, 2.05) is 12.2 Å². The fourth-order valence-corrected chi connectivity index (χ4v) is 4.09. The van der Waals surface area contributed by atoms with Gasteiger partial charge in [0.15, 0.2) is 0 Å². The first-order valence-electron chi connectivity index (χ1n) is 7.48. The number of carbonyl (C=O) groups excluding carboxylic acids is 2. The van der Waals surface area contributed by atoms with Crippen molar-refractivity contribution in [3.63, 3.8) is 0 Å². The van der Waals surface area contributed by atoms with Crippen LogP contribution in [-0.4, -0.2) is 40.9 Å². The number of carboxylic acids is 1. The van der Waals surface area contributed by atoms with Gasteiger partial charge in [-0.2, -0.15) is 0 Å². The van der Waals surface area contributed by atoms with E-state index in [4.69, 9.17) is 5.73 Å². The zero-order valence-electron chi connectivity index (χ0n) is 11.8. The fraction of sp³-hybridized carbons (Fsp3) is 0.667. The van der Waals surface area contributed by atoms with Crippen LogP contribution in [0, 0.1) is 29.6 Å². The first-order chi connectivity index (χ1) is 9.99. The summed E-state index contributed by atoms with van der Waals surface area (Å²) in [5, 5.41) is 9.40. The molecule has 2 fully saturated rings. The highest BCUT2D eigenvalue weighted by atomic mass is 16.4. The van der Waals surface area contributed by atoms with Crippen molar-refractivity contribution in [2.75, 3.05) is 13.1 Å². The molecule has 6 nitrogen and oxygen atoms in total. The number of likely N-dealkylation sites (tertiary alicyclic amines) is 1. The van der Waals surface area contributed by atoms with E-state index in [0.717, 1.165) is 6.42 Å². The average molecular weight is 292 g/mol. The number of amides is 2. The van der Waals surface area contributed by atoms with Gasteiger partial charge in [0, 0.05) is 19.0 Å². The topological polar surface area (TPSA) is 101 Å². The highest BCUT2D eigenvalue weighted by Crippen LogP contribution is 2.49. The van der Waals surface area contributed by atoms with Crippen molar-refractivity contribution in [3.05, 3.63) is 12.2 Å². The van der Waals surface area contributed by atoms with Crippen LogP contribution in [0.15, 0.2) is 12.2 Å². The zero-order chi connectivity index (χ0) is 15.1. The average Bonchev–Trinajstić information content (AvgIpc) is 3.07. The minimum Gasteiger partial charge on any atom is -0.481 e. The Balaban J connectivity index is 1.70. The van der Waals surface area contributed by atoms with Crippen molar-refractivity contribution in [2.24, 2.45) is 35.3 Å². The molecule has 2 bridgehead atoms. The summed E-state index contributed by atoms with van der Waals surface area (Å²) in [4.78, 5) is 37.0. The van der Waals surface area contributed by atoms with Gasteiger partial charge in [-0.15, -0.1) is 0 Å². The number of hydrogen-bond donors (Lipinski definition) is 2. The molecule has 6 heteroatoms. The van der Waals surface area contributed by atoms with Gasteiger partial charge in [-0.05, 0) is 31.1 Å². The van der Waals surface area contributed by atoms with Crippen molar-refractivity contribution in [1.29, 1.82) is 0 Å². The molecule has 114 valence electrons. The van der Waals surface area contributed by atoms with Crippen LogP contribution in [0.1, 0.15) is 19.3 Å². The first-order valence-corrected chi connectivity index (χ1v) is 7.48. The Labute approximate surface area is 123 Å². The maximum atomic E-state index is 12.7. The summed E-state index contributed by atoms with van der Waals surface area (Å²) < 4.78 is 0. The number of nitrogens with zero attached hydrogens (tertiary/aromatic N) is 1. The smallest absolute Gasteiger partial charge is 0.307 e. The number of primary amides is 1. The molecule has 3 rings (SSSR count). The molecule has 0 unspecified atom stereocenters. The summed E-state index contributed by atoms with van der Waals surface area (Å²) in [7, 11) is 0. The fourth-order valence-electron chi connectivity index (χ4n) is 4.09. The van der Waals surface area contributed by atoms with E-state index in [0.29, 0.717) is 25.9 Å². The van der Waals surface area contributed by atoms with Gasteiger partial charge in [0.05, 0.1) is 11.8 Å². The van der Waals surface area contributed by atoms with Gasteiger partial charge in [-0.25, -0.2) is 0 Å². The largest absolute Gasteiger partial charge is 0.481 e. The Hall–Kier alpha value is -1.85. The number of piperidine rings is 1. The lowest BCUT2D eigenvalue weighted by molar-refractivity contribution is -0.151. The molecular weight excluding hydrogens is 272 g/mol. The lowest BCUT2D eigenvalue weighted by Crippen LogP contribution is -2.47. The maximum Gasteiger partial charge on any atom is 0.307 e. The van der Waals surface area contributed by atoms with Gasteiger partial charge in [0.2, 0.25) is 11.8 Å². The molecule has 21 heavy (non-hydrogen) atoms. The molecule has 0 spiro atoms. The number of allylic oxidation sites excluding steroid dienone is 2. The van der Waals surface area contributed by atoms with Crippen LogP contribution in [0.2, 0.25) is 0 Å². The van der Waals surface area contributed by atoms with Gasteiger partial charge in [-0.1, -0.05) is 12.2 Å². The second-order valence-corrected chi connectivity index (χ2v) is 6.34. The summed E-state index contributed by atoms with van der Waals surface area (Å²) in [5.74, 6) is -2.41. The van der Waals surface area contributed by atoms with Gasteiger partial charge >= 0.3 is 5.97 Å². The second kappa shape index (κ2) is 5.16. The predicted octanol–water partition coefficient (Wildman–Crippen LogP) is 0.233. The molecule has 1 heterocycles. The number of carboxylic acid groups (broad SMARTS) is 1. The monoisotopic (exact) mass is 292 g/mol. The zero-order valence-corrected chi connectivity index (χ0v) is 11.8. The van der Waals surface area contributed by atoms with Crippen LogP contribution >= 0.6 is 0 Å². The number of rotatable bonds is 3. The maximum absolute atomic E-state index is 12.7. The van der Waals surface area contributed by atoms with Crippen LogP contribution in [0.3, 0.4) is 0 Å². The van der Waals surface area contributed by atoms with E-state index in [9.17, 15) is 19.5 Å². The highest BCUT2D eigenvalue weighted by molar-refractivity contribution is 5.87. The van der Waals surface area contributed by atoms with Crippen molar-refractivity contribution >= 4 is 17.8 Å². The third-order valence-corrected chi connectivity index (χ3v) is 5.24. The van der Waals surface area contributed by atoms with E-state index in [1.165, 1.54) is 0 Å². The SMILES string of the molecule is NC(=O)C1CCN(C(=O)[C@@H]2[C@@H](C(=O)O)[C@@H]3C=C[C@@H]2C3)CC1. The molecule has 4 atom stereocenters. The summed E-state index contributed by atoms with van der Waals surface area (Å²) >= 11 is 0. The number of carbonyl (C=O) groups is 3. The molecule has 2 amide bonds. The second-order valence-electron chi connectivity index (χ2n) is 6.34. The molecule has 3 N–H and O–H groups in total. The van der Waals surface area contributed by atoms with Crippen LogP contribution in [-0.2, 0) is 14.4 Å². The number of nitrogens with two attached hydrogens (primary N) is 1. The van der Waals surface area contributed by atoms with Gasteiger partial charge in [-0.3, -0.25) is 14.4 Å². The summed E-state index contributed by atoms with van der Waals surface area (Å²) in [6.45, 7) is 0.993. The van der Waals surface area contributed by atoms with Crippen molar-refractivity contribution in [1.82, 2.24) is 4.90 Å². The summed E-state index contributed by atoms with van der Waals surface area (Å²) in [6, 6.07) is 0. The molecule has 1 aliphatic heterocycles. The first kappa shape index (κ1) is 14.1. The van der Waals surface area contributed by atoms with E-state index in [1.54, 1.807) is 4.90 Å². The molecule has 0 aromatic rings. The van der Waals surface area contributed by atoms with Gasteiger partial charge in [0.25, 0.3) is 0 Å². The Morgan fingerprint density at radius 2 is 1.62 bits per heavy atom. The Morgan fingerprint density at radius 1 is 1.05 bits per heavy atom. The molecule has 0 radical (unpaired) electrons. The highest BCUT2D eigenvalue weighted by Gasteiger charge is 2.52. The normalized spacial score (nSPS) is 35.1. The van der Waals surface area contributed by atoms with Crippen molar-refractivity contribution in [2.45, 2.75) is 19.3 Å². The van der Waals surface area contributed by atoms with Crippen LogP contribution in [0.25, 0.3) is 0 Å². The standard InChI is InChI=1S/C15H20N2O4/c16-13(18)8-3-5-17(6-4-8)14(19)11-9-1-2-10(7-9)12(11)15(20)21/h1-2,8-12H,3-7H2,(H2,16,18)(H,20,21)/t9-,10-,11+,12+/m1/s1. The van der Waals surface area contributed by atoms with E-state index < -0.39 is 17.8 Å². The molecule has 0 aromatic carbocycles. The molecule has 1 saturated carbocycles. The van der Waals surface area contributed by atoms with Crippen molar-refractivity contribution in [3.8, 4) is 0 Å². The minimum atomic E-state index is -0.878. The molecular formula is C15H20N2O4. The molecule has 1 saturated heterocycles. The summed E-state index contributed by atoms with van der Waals surface area (Å²) in [6.07, 6.45) is 5.85. The Bertz CT molecular complexity index is 508. The van der Waals surface area contributed by atoms with Crippen LogP contribution < -0.4 is 5.73 Å². The van der Waals surface area contributed by atoms with Crippen LogP contribution in [0.5, 0.6) is 0 Å². The molecule has 2 aliphatic carbocycles. The third-order valence-electron chi connectivity index (χ3n) is 5.24. The Kier molecular flexibility index (Phi) is 3.47. The van der Waals surface area contributed by atoms with E-state index in [-0.39, 0.29) is 29.6 Å². The molecule has 0 aromatic heterocycles. The van der Waals surface area contributed by atoms with E-state index in [2.05, 4.69) is 0 Å². The van der Waals surface area contributed by atoms with E-state index >= 15 is 0 Å². The van der Waals surface area contributed by atoms with Crippen molar-refractivity contribution < 1.29 is 19.5 Å². The lowest BCUT2D eigenvalue weighted by Gasteiger charge is -2.35. The lowest BCUT2D eigenvalue weighted by atomic mass is 9.81. The third kappa shape index (κ3) is 2.32. The summed E-state index contributed by atoms with van der Waals surface area (Å²) in [5.41, 5.74) is 5.29. The van der Waals surface area contributed by atoms with Gasteiger partial charge in [0.1, 0.15) is 0 Å². The Morgan fingerprint density at radius 3 is 2.14 bits per heavy atom. The number of hydrogen-bond acceptors (Lipinski definition) is 3. The van der Waals surface area contributed by atoms with Crippen LogP contribution in [0.4, 0.5) is 0 Å².